The fourth-order valence-corrected chi connectivity index (χ4v) is 2.08. The molecule has 2 aromatic carbocycles. The minimum absolute atomic E-state index is 0.277. The Labute approximate surface area is 125 Å². The standard InChI is InChI=1S/C15H14INO2/c1-10-8-13(17)6-7-14(10)15(18)19-9-11-2-4-12(16)5-3-11/h2-8H,9,17H2,1H3. The Kier molecular flexibility index (Phi) is 4.42. The predicted molar refractivity (Wildman–Crippen MR) is 83.9 cm³/mol. The third-order valence-electron chi connectivity index (χ3n) is 2.75. The summed E-state index contributed by atoms with van der Waals surface area (Å²) in [5.41, 5.74) is 8.65. The van der Waals surface area contributed by atoms with E-state index in [0.717, 1.165) is 14.7 Å². The molecule has 3 nitrogen and oxygen atoms in total. The van der Waals surface area contributed by atoms with Crippen molar-refractivity contribution in [3.63, 3.8) is 0 Å². The predicted octanol–water partition coefficient (Wildman–Crippen LogP) is 3.54. The lowest BCUT2D eigenvalue weighted by molar-refractivity contribution is 0.0472. The number of aryl methyl sites for hydroxylation is 1. The highest BCUT2D eigenvalue weighted by atomic mass is 127. The first-order valence-electron chi connectivity index (χ1n) is 5.84. The number of carbonyl (C=O) groups excluding carboxylic acids is 1. The summed E-state index contributed by atoms with van der Waals surface area (Å²) in [5.74, 6) is -0.323. The van der Waals surface area contributed by atoms with E-state index in [1.807, 2.05) is 31.2 Å². The van der Waals surface area contributed by atoms with Crippen molar-refractivity contribution < 1.29 is 9.53 Å². The third kappa shape index (κ3) is 3.70. The third-order valence-corrected chi connectivity index (χ3v) is 3.47. The second-order valence-electron chi connectivity index (χ2n) is 4.28. The van der Waals surface area contributed by atoms with Crippen molar-refractivity contribution in [2.45, 2.75) is 13.5 Å². The minimum atomic E-state index is -0.323. The average Bonchev–Trinajstić information content (AvgIpc) is 2.37. The van der Waals surface area contributed by atoms with Gasteiger partial charge in [-0.3, -0.25) is 0 Å². The molecule has 0 aliphatic carbocycles. The summed E-state index contributed by atoms with van der Waals surface area (Å²) in [4.78, 5) is 12.0. The summed E-state index contributed by atoms with van der Waals surface area (Å²) < 4.78 is 6.45. The number of esters is 1. The van der Waals surface area contributed by atoms with Crippen molar-refractivity contribution in [2.24, 2.45) is 0 Å². The second-order valence-corrected chi connectivity index (χ2v) is 5.52. The topological polar surface area (TPSA) is 52.3 Å². The molecule has 0 atom stereocenters. The molecule has 0 aliphatic heterocycles. The number of hydrogen-bond acceptors (Lipinski definition) is 3. The highest BCUT2D eigenvalue weighted by Gasteiger charge is 2.10. The average molecular weight is 367 g/mol. The molecule has 2 rings (SSSR count). The van der Waals surface area contributed by atoms with E-state index in [9.17, 15) is 4.79 Å². The molecule has 0 unspecified atom stereocenters. The largest absolute Gasteiger partial charge is 0.457 e. The van der Waals surface area contributed by atoms with Crippen LogP contribution in [-0.4, -0.2) is 5.97 Å². The Morgan fingerprint density at radius 3 is 2.53 bits per heavy atom. The van der Waals surface area contributed by atoms with E-state index in [1.54, 1.807) is 18.2 Å². The summed E-state index contributed by atoms with van der Waals surface area (Å²) in [6, 6.07) is 13.0. The molecule has 19 heavy (non-hydrogen) atoms. The molecule has 0 heterocycles. The lowest BCUT2D eigenvalue weighted by Crippen LogP contribution is -2.07. The smallest absolute Gasteiger partial charge is 0.338 e. The van der Waals surface area contributed by atoms with E-state index in [-0.39, 0.29) is 12.6 Å². The second kappa shape index (κ2) is 6.06. The minimum Gasteiger partial charge on any atom is -0.457 e. The van der Waals surface area contributed by atoms with Gasteiger partial charge in [0.2, 0.25) is 0 Å². The van der Waals surface area contributed by atoms with Gasteiger partial charge in [0.05, 0.1) is 5.56 Å². The van der Waals surface area contributed by atoms with Gasteiger partial charge in [0.25, 0.3) is 0 Å². The number of carbonyl (C=O) groups is 1. The van der Waals surface area contributed by atoms with Crippen LogP contribution in [0.2, 0.25) is 0 Å². The zero-order valence-corrected chi connectivity index (χ0v) is 12.7. The Bertz CT molecular complexity index is 594. The molecule has 0 spiro atoms. The maximum absolute atomic E-state index is 12.0. The van der Waals surface area contributed by atoms with Crippen molar-refractivity contribution in [2.75, 3.05) is 5.73 Å². The molecule has 0 aromatic heterocycles. The van der Waals surface area contributed by atoms with Crippen LogP contribution in [0.5, 0.6) is 0 Å². The summed E-state index contributed by atoms with van der Waals surface area (Å²) in [5, 5.41) is 0. The summed E-state index contributed by atoms with van der Waals surface area (Å²) in [6.07, 6.45) is 0. The van der Waals surface area contributed by atoms with Gasteiger partial charge in [0.15, 0.2) is 0 Å². The van der Waals surface area contributed by atoms with Crippen molar-refractivity contribution in [3.05, 3.63) is 62.7 Å². The zero-order chi connectivity index (χ0) is 13.8. The number of benzene rings is 2. The van der Waals surface area contributed by atoms with Gasteiger partial charge in [0.1, 0.15) is 6.61 Å². The maximum atomic E-state index is 12.0. The molecule has 2 N–H and O–H groups in total. The molecule has 0 saturated carbocycles. The number of nitrogens with two attached hydrogens (primary N) is 1. The van der Waals surface area contributed by atoms with Gasteiger partial charge in [0, 0.05) is 9.26 Å². The van der Waals surface area contributed by atoms with Crippen LogP contribution in [0.25, 0.3) is 0 Å². The highest BCUT2D eigenvalue weighted by molar-refractivity contribution is 14.1. The number of nitrogen functional groups attached to an aromatic ring is 1. The lowest BCUT2D eigenvalue weighted by atomic mass is 10.1. The molecule has 2 aromatic rings. The van der Waals surface area contributed by atoms with Crippen LogP contribution in [0, 0.1) is 10.5 Å². The SMILES string of the molecule is Cc1cc(N)ccc1C(=O)OCc1ccc(I)cc1. The van der Waals surface area contributed by atoms with E-state index in [4.69, 9.17) is 10.5 Å². The number of anilines is 1. The monoisotopic (exact) mass is 367 g/mol. The first-order chi connectivity index (χ1) is 9.06. The van der Waals surface area contributed by atoms with Gasteiger partial charge in [-0.05, 0) is 71.0 Å². The molecule has 0 amide bonds. The number of halogens is 1. The van der Waals surface area contributed by atoms with E-state index in [2.05, 4.69) is 22.6 Å². The number of ether oxygens (including phenoxy) is 1. The van der Waals surface area contributed by atoms with Crippen LogP contribution < -0.4 is 5.73 Å². The Morgan fingerprint density at radius 2 is 1.89 bits per heavy atom. The van der Waals surface area contributed by atoms with Gasteiger partial charge >= 0.3 is 5.97 Å². The van der Waals surface area contributed by atoms with Crippen molar-refractivity contribution in [1.82, 2.24) is 0 Å². The number of hydrogen-bond donors (Lipinski definition) is 1. The fourth-order valence-electron chi connectivity index (χ4n) is 1.72. The Morgan fingerprint density at radius 1 is 1.21 bits per heavy atom. The highest BCUT2D eigenvalue weighted by Crippen LogP contribution is 2.15. The van der Waals surface area contributed by atoms with Crippen LogP contribution >= 0.6 is 22.6 Å². The van der Waals surface area contributed by atoms with Gasteiger partial charge in [-0.1, -0.05) is 12.1 Å². The first-order valence-corrected chi connectivity index (χ1v) is 6.92. The van der Waals surface area contributed by atoms with Crippen LogP contribution in [0.3, 0.4) is 0 Å². The molecule has 0 bridgehead atoms. The number of rotatable bonds is 3. The van der Waals surface area contributed by atoms with Crippen molar-refractivity contribution >= 4 is 34.2 Å². The fraction of sp³-hybridized carbons (Fsp3) is 0.133. The van der Waals surface area contributed by atoms with Gasteiger partial charge in [-0.2, -0.15) is 0 Å². The van der Waals surface area contributed by atoms with Gasteiger partial charge in [-0.15, -0.1) is 0 Å². The first kappa shape index (κ1) is 13.9. The molecule has 0 radical (unpaired) electrons. The molecule has 0 saturated heterocycles. The molecule has 4 heteroatoms. The Balaban J connectivity index is 2.03. The Hall–Kier alpha value is -1.56. The van der Waals surface area contributed by atoms with Gasteiger partial charge < -0.3 is 10.5 Å². The van der Waals surface area contributed by atoms with Crippen LogP contribution in [0.4, 0.5) is 5.69 Å². The van der Waals surface area contributed by atoms with Crippen molar-refractivity contribution in [1.29, 1.82) is 0 Å². The molecular formula is C15H14INO2. The molecule has 0 fully saturated rings. The van der Waals surface area contributed by atoms with E-state index >= 15 is 0 Å². The summed E-state index contributed by atoms with van der Waals surface area (Å²) in [7, 11) is 0. The molecule has 98 valence electrons. The van der Waals surface area contributed by atoms with E-state index in [1.165, 1.54) is 0 Å². The summed E-state index contributed by atoms with van der Waals surface area (Å²) >= 11 is 2.24. The molecule has 0 aliphatic rings. The van der Waals surface area contributed by atoms with Crippen LogP contribution in [-0.2, 0) is 11.3 Å². The molecular weight excluding hydrogens is 353 g/mol. The van der Waals surface area contributed by atoms with Gasteiger partial charge in [-0.25, -0.2) is 4.79 Å². The van der Waals surface area contributed by atoms with Crippen LogP contribution in [0.1, 0.15) is 21.5 Å². The van der Waals surface area contributed by atoms with Crippen LogP contribution in [0.15, 0.2) is 42.5 Å². The zero-order valence-electron chi connectivity index (χ0n) is 10.5. The lowest BCUT2D eigenvalue weighted by Gasteiger charge is -2.08. The quantitative estimate of drug-likeness (QED) is 0.513. The normalized spacial score (nSPS) is 10.2. The summed E-state index contributed by atoms with van der Waals surface area (Å²) in [6.45, 7) is 2.12. The van der Waals surface area contributed by atoms with E-state index < -0.39 is 0 Å². The maximum Gasteiger partial charge on any atom is 0.338 e. The van der Waals surface area contributed by atoms with Crippen molar-refractivity contribution in [3.8, 4) is 0 Å². The van der Waals surface area contributed by atoms with E-state index in [0.29, 0.717) is 11.3 Å².